The second-order valence-corrected chi connectivity index (χ2v) is 9.46. The van der Waals surface area contributed by atoms with E-state index < -0.39 is 68.3 Å². The number of fused-ring (bicyclic) bond motifs is 1. The SMILES string of the molecule is CCOC(=O)CCc1cc2ccoc2c(OCCNC)c1OC1OC(CO)C(O)C(O)C1(O)CC(CO)CO. The Morgan fingerprint density at radius 1 is 1.21 bits per heavy atom. The molecule has 13 heteroatoms. The smallest absolute Gasteiger partial charge is 0.306 e. The molecule has 0 saturated carbocycles. The molecule has 1 aromatic heterocycles. The lowest BCUT2D eigenvalue weighted by molar-refractivity contribution is -0.325. The summed E-state index contributed by atoms with van der Waals surface area (Å²) >= 11 is 0. The molecule has 1 aromatic carbocycles. The lowest BCUT2D eigenvalue weighted by Crippen LogP contribution is -2.68. The maximum absolute atomic E-state index is 12.2. The van der Waals surface area contributed by atoms with E-state index in [9.17, 15) is 35.4 Å². The molecule has 0 amide bonds. The molecular formula is C26H39NO12. The van der Waals surface area contributed by atoms with E-state index >= 15 is 0 Å². The maximum atomic E-state index is 12.2. The minimum absolute atomic E-state index is 0.00297. The molecule has 1 aliphatic heterocycles. The van der Waals surface area contributed by atoms with Gasteiger partial charge in [0.25, 0.3) is 0 Å². The minimum Gasteiger partial charge on any atom is -0.485 e. The molecule has 220 valence electrons. The first-order valence-corrected chi connectivity index (χ1v) is 12.9. The summed E-state index contributed by atoms with van der Waals surface area (Å²) in [7, 11) is 1.75. The average molecular weight is 558 g/mol. The van der Waals surface area contributed by atoms with Gasteiger partial charge in [0.15, 0.2) is 16.9 Å². The van der Waals surface area contributed by atoms with Crippen LogP contribution in [0.4, 0.5) is 0 Å². The number of rotatable bonds is 15. The van der Waals surface area contributed by atoms with Gasteiger partial charge in [-0.15, -0.1) is 0 Å². The zero-order valence-electron chi connectivity index (χ0n) is 22.1. The summed E-state index contributed by atoms with van der Waals surface area (Å²) in [4.78, 5) is 12.2. The molecule has 0 aliphatic carbocycles. The van der Waals surface area contributed by atoms with E-state index in [2.05, 4.69) is 5.32 Å². The summed E-state index contributed by atoms with van der Waals surface area (Å²) in [5.74, 6) is -1.13. The van der Waals surface area contributed by atoms with Crippen molar-refractivity contribution in [3.8, 4) is 11.5 Å². The molecule has 5 unspecified atom stereocenters. The van der Waals surface area contributed by atoms with Crippen molar-refractivity contribution in [1.82, 2.24) is 5.32 Å². The predicted octanol–water partition coefficient (Wildman–Crippen LogP) is -0.933. The van der Waals surface area contributed by atoms with E-state index in [4.69, 9.17) is 23.4 Å². The van der Waals surface area contributed by atoms with Gasteiger partial charge < -0.3 is 59.3 Å². The van der Waals surface area contributed by atoms with Crippen molar-refractivity contribution in [1.29, 1.82) is 0 Å². The van der Waals surface area contributed by atoms with Crippen LogP contribution in [0.2, 0.25) is 0 Å². The van der Waals surface area contributed by atoms with Crippen LogP contribution in [0.5, 0.6) is 11.5 Å². The monoisotopic (exact) mass is 557 g/mol. The van der Waals surface area contributed by atoms with Crippen LogP contribution < -0.4 is 14.8 Å². The molecule has 1 aliphatic rings. The van der Waals surface area contributed by atoms with Gasteiger partial charge in [-0.05, 0) is 44.5 Å². The minimum atomic E-state index is -2.33. The highest BCUT2D eigenvalue weighted by Gasteiger charge is 2.57. The van der Waals surface area contributed by atoms with E-state index in [1.165, 1.54) is 6.26 Å². The predicted molar refractivity (Wildman–Crippen MR) is 136 cm³/mol. The van der Waals surface area contributed by atoms with E-state index in [0.717, 1.165) is 0 Å². The van der Waals surface area contributed by atoms with E-state index in [0.29, 0.717) is 23.1 Å². The number of nitrogens with one attached hydrogen (secondary N) is 1. The Morgan fingerprint density at radius 3 is 2.59 bits per heavy atom. The van der Waals surface area contributed by atoms with Gasteiger partial charge in [-0.1, -0.05) is 0 Å². The lowest BCUT2D eigenvalue weighted by atomic mass is 9.80. The molecule has 13 nitrogen and oxygen atoms in total. The quantitative estimate of drug-likeness (QED) is 0.105. The molecule has 3 rings (SSSR count). The van der Waals surface area contributed by atoms with Gasteiger partial charge in [-0.2, -0.15) is 0 Å². The number of furan rings is 1. The van der Waals surface area contributed by atoms with Crippen molar-refractivity contribution >= 4 is 16.9 Å². The summed E-state index contributed by atoms with van der Waals surface area (Å²) in [6.07, 6.45) is -5.41. The van der Waals surface area contributed by atoms with Gasteiger partial charge in [-0.25, -0.2) is 0 Å². The number of aliphatic hydroxyl groups is 6. The third-order valence-electron chi connectivity index (χ3n) is 6.69. The average Bonchev–Trinajstić information content (AvgIpc) is 3.40. The summed E-state index contributed by atoms with van der Waals surface area (Å²) in [6.45, 7) is 0.809. The van der Waals surface area contributed by atoms with Crippen LogP contribution in [0, 0.1) is 5.92 Å². The molecule has 0 spiro atoms. The number of aryl methyl sites for hydroxylation is 1. The molecule has 1 fully saturated rings. The number of likely N-dealkylation sites (N-methyl/N-ethyl adjacent to an activating group) is 1. The van der Waals surface area contributed by atoms with Gasteiger partial charge in [0.05, 0.1) is 19.5 Å². The summed E-state index contributed by atoms with van der Waals surface area (Å²) in [5, 5.41) is 65.7. The summed E-state index contributed by atoms with van der Waals surface area (Å²) in [6, 6.07) is 3.43. The van der Waals surface area contributed by atoms with Crippen LogP contribution in [0.3, 0.4) is 0 Å². The first-order valence-electron chi connectivity index (χ1n) is 12.9. The fourth-order valence-corrected chi connectivity index (χ4v) is 4.54. The molecule has 5 atom stereocenters. The van der Waals surface area contributed by atoms with Crippen LogP contribution in [-0.2, 0) is 20.7 Å². The molecular weight excluding hydrogens is 518 g/mol. The Labute approximate surface area is 225 Å². The van der Waals surface area contributed by atoms with Crippen molar-refractivity contribution in [3.05, 3.63) is 24.0 Å². The van der Waals surface area contributed by atoms with Gasteiger partial charge in [0, 0.05) is 37.5 Å². The van der Waals surface area contributed by atoms with Crippen LogP contribution in [0.25, 0.3) is 11.0 Å². The largest absolute Gasteiger partial charge is 0.485 e. The Bertz CT molecular complexity index is 1060. The fourth-order valence-electron chi connectivity index (χ4n) is 4.54. The summed E-state index contributed by atoms with van der Waals surface area (Å²) < 4.78 is 28.6. The Balaban J connectivity index is 2.10. The van der Waals surface area contributed by atoms with Crippen molar-refractivity contribution in [2.75, 3.05) is 46.6 Å². The Hall–Kier alpha value is -2.49. The van der Waals surface area contributed by atoms with E-state index in [1.807, 2.05) is 0 Å². The third-order valence-corrected chi connectivity index (χ3v) is 6.69. The normalized spacial score (nSPS) is 25.3. The molecule has 2 aromatic rings. The first-order chi connectivity index (χ1) is 18.7. The highest BCUT2D eigenvalue weighted by atomic mass is 16.7. The Kier molecular flexibility index (Phi) is 11.3. The van der Waals surface area contributed by atoms with Gasteiger partial charge in [0.1, 0.15) is 24.9 Å². The van der Waals surface area contributed by atoms with Gasteiger partial charge >= 0.3 is 5.97 Å². The molecule has 1 saturated heterocycles. The number of carbonyl (C=O) groups is 1. The fraction of sp³-hybridized carbons (Fsp3) is 0.654. The first kappa shape index (κ1) is 31.0. The second kappa shape index (κ2) is 14.2. The van der Waals surface area contributed by atoms with Gasteiger partial charge in [0.2, 0.25) is 12.0 Å². The number of hydrogen-bond acceptors (Lipinski definition) is 13. The molecule has 0 radical (unpaired) electrons. The number of hydrogen-bond donors (Lipinski definition) is 7. The van der Waals surface area contributed by atoms with Crippen molar-refractivity contribution in [2.24, 2.45) is 5.92 Å². The molecule has 2 heterocycles. The standard InChI is InChI=1S/C26H39NO12/c1-3-35-19(31)5-4-16-10-17-6-8-36-21(17)23(37-9-7-27-2)22(16)39-25-26(34,11-15(12-28)13-29)24(33)20(32)18(14-30)38-25/h6,8,10,15,18,20,24-25,27-30,32-34H,3-5,7,9,11-14H2,1-2H3. The molecule has 0 bridgehead atoms. The van der Waals surface area contributed by atoms with Crippen LogP contribution in [0.1, 0.15) is 25.3 Å². The number of aliphatic hydroxyl groups excluding tert-OH is 5. The zero-order chi connectivity index (χ0) is 28.6. The Morgan fingerprint density at radius 2 is 1.95 bits per heavy atom. The van der Waals surface area contributed by atoms with Crippen molar-refractivity contribution < 1.29 is 58.8 Å². The molecule has 7 N–H and O–H groups in total. The third kappa shape index (κ3) is 6.99. The lowest BCUT2D eigenvalue weighted by Gasteiger charge is -2.48. The van der Waals surface area contributed by atoms with Crippen LogP contribution >= 0.6 is 0 Å². The number of ether oxygens (including phenoxy) is 4. The van der Waals surface area contributed by atoms with Crippen molar-refractivity contribution in [2.45, 2.75) is 56.4 Å². The zero-order valence-corrected chi connectivity index (χ0v) is 22.1. The number of esters is 1. The van der Waals surface area contributed by atoms with Gasteiger partial charge in [-0.3, -0.25) is 4.79 Å². The summed E-state index contributed by atoms with van der Waals surface area (Å²) in [5.41, 5.74) is -1.53. The van der Waals surface area contributed by atoms with Crippen LogP contribution in [-0.4, -0.2) is 113 Å². The van der Waals surface area contributed by atoms with E-state index in [-0.39, 0.29) is 37.6 Å². The number of carbonyl (C=O) groups excluding carboxylic acids is 1. The second-order valence-electron chi connectivity index (χ2n) is 9.46. The number of benzene rings is 1. The maximum Gasteiger partial charge on any atom is 0.306 e. The highest BCUT2D eigenvalue weighted by molar-refractivity contribution is 5.87. The van der Waals surface area contributed by atoms with Crippen molar-refractivity contribution in [3.63, 3.8) is 0 Å². The molecule has 39 heavy (non-hydrogen) atoms. The van der Waals surface area contributed by atoms with Crippen LogP contribution in [0.15, 0.2) is 22.8 Å². The topological polar surface area (TPSA) is 201 Å². The van der Waals surface area contributed by atoms with E-state index in [1.54, 1.807) is 26.1 Å². The highest BCUT2D eigenvalue weighted by Crippen LogP contribution is 2.44.